The van der Waals surface area contributed by atoms with Crippen LogP contribution in [-0.2, 0) is 0 Å². The van der Waals surface area contributed by atoms with Gasteiger partial charge in [0.15, 0.2) is 0 Å². The van der Waals surface area contributed by atoms with Crippen molar-refractivity contribution >= 4 is 13.3 Å². The molecule has 0 radical (unpaired) electrons. The molecule has 0 nitrogen and oxygen atoms in total. The van der Waals surface area contributed by atoms with E-state index in [4.69, 9.17) is 0 Å². The fourth-order valence-electron chi connectivity index (χ4n) is 1.42. The standard InChI is InChI=1S/C12H18Si/c1-4-5-11-13(2,3)12-9-7-6-8-10-12/h4-10H,11H2,1-3H3. The highest BCUT2D eigenvalue weighted by molar-refractivity contribution is 6.90. The molecule has 0 aliphatic rings. The Morgan fingerprint density at radius 2 is 1.77 bits per heavy atom. The van der Waals surface area contributed by atoms with Crippen LogP contribution in [0.5, 0.6) is 0 Å². The average Bonchev–Trinajstić information content (AvgIpc) is 2.16. The summed E-state index contributed by atoms with van der Waals surface area (Å²) >= 11 is 0. The summed E-state index contributed by atoms with van der Waals surface area (Å²) in [5.74, 6) is 0. The Bertz CT molecular complexity index is 272. The van der Waals surface area contributed by atoms with Gasteiger partial charge in [-0.2, -0.15) is 0 Å². The van der Waals surface area contributed by atoms with Gasteiger partial charge in [0.25, 0.3) is 0 Å². The molecular formula is C12H18Si. The fraction of sp³-hybridized carbons (Fsp3) is 0.333. The molecule has 70 valence electrons. The first-order valence-electron chi connectivity index (χ1n) is 4.83. The predicted molar refractivity (Wildman–Crippen MR) is 63.2 cm³/mol. The monoisotopic (exact) mass is 190 g/mol. The van der Waals surface area contributed by atoms with Crippen LogP contribution in [0.15, 0.2) is 42.5 Å². The summed E-state index contributed by atoms with van der Waals surface area (Å²) in [6, 6.07) is 12.1. The minimum atomic E-state index is -1.19. The third-order valence-corrected chi connectivity index (χ3v) is 5.57. The molecule has 0 aromatic heterocycles. The lowest BCUT2D eigenvalue weighted by molar-refractivity contribution is 1.50. The van der Waals surface area contributed by atoms with Crippen LogP contribution in [0.1, 0.15) is 6.92 Å². The van der Waals surface area contributed by atoms with Crippen LogP contribution < -0.4 is 5.19 Å². The van der Waals surface area contributed by atoms with Crippen molar-refractivity contribution in [2.45, 2.75) is 26.1 Å². The van der Waals surface area contributed by atoms with Crippen molar-refractivity contribution in [1.29, 1.82) is 0 Å². The molecule has 0 amide bonds. The molecule has 0 fully saturated rings. The molecule has 1 aromatic carbocycles. The van der Waals surface area contributed by atoms with E-state index in [0.717, 1.165) is 0 Å². The Morgan fingerprint density at radius 1 is 1.15 bits per heavy atom. The smallest absolute Gasteiger partial charge is 0.0843 e. The molecule has 0 aliphatic carbocycles. The molecule has 0 saturated heterocycles. The van der Waals surface area contributed by atoms with Crippen LogP contribution in [0.2, 0.25) is 19.1 Å². The Hall–Kier alpha value is -0.823. The van der Waals surface area contributed by atoms with Gasteiger partial charge in [0.05, 0.1) is 8.07 Å². The Kier molecular flexibility index (Phi) is 3.49. The summed E-state index contributed by atoms with van der Waals surface area (Å²) in [5.41, 5.74) is 0. The molecule has 0 atom stereocenters. The summed E-state index contributed by atoms with van der Waals surface area (Å²) in [4.78, 5) is 0. The Balaban J connectivity index is 2.81. The molecule has 1 aromatic rings. The molecule has 0 aliphatic heterocycles. The molecule has 1 rings (SSSR count). The van der Waals surface area contributed by atoms with Gasteiger partial charge < -0.3 is 0 Å². The lowest BCUT2D eigenvalue weighted by atomic mass is 10.4. The molecule has 0 N–H and O–H groups in total. The van der Waals surface area contributed by atoms with Crippen molar-refractivity contribution in [3.63, 3.8) is 0 Å². The lowest BCUT2D eigenvalue weighted by Crippen LogP contribution is -2.40. The second-order valence-corrected chi connectivity index (χ2v) is 8.78. The highest BCUT2D eigenvalue weighted by atomic mass is 28.3. The number of hydrogen-bond acceptors (Lipinski definition) is 0. The zero-order valence-electron chi connectivity index (χ0n) is 8.75. The number of rotatable bonds is 3. The maximum Gasteiger partial charge on any atom is 0.0843 e. The van der Waals surface area contributed by atoms with Crippen LogP contribution in [0.4, 0.5) is 0 Å². The molecule has 0 saturated carbocycles. The summed E-state index contributed by atoms with van der Waals surface area (Å²) in [7, 11) is -1.19. The van der Waals surface area contributed by atoms with Gasteiger partial charge in [0, 0.05) is 0 Å². The van der Waals surface area contributed by atoms with Crippen LogP contribution >= 0.6 is 0 Å². The van der Waals surface area contributed by atoms with Crippen molar-refractivity contribution in [3.05, 3.63) is 42.5 Å². The number of hydrogen-bond donors (Lipinski definition) is 0. The van der Waals surface area contributed by atoms with Gasteiger partial charge in [-0.1, -0.05) is 60.8 Å². The Morgan fingerprint density at radius 3 is 2.31 bits per heavy atom. The van der Waals surface area contributed by atoms with Crippen molar-refractivity contribution < 1.29 is 0 Å². The summed E-state index contributed by atoms with van der Waals surface area (Å²) in [6.07, 6.45) is 4.44. The number of allylic oxidation sites excluding steroid dienone is 2. The molecule has 0 unspecified atom stereocenters. The van der Waals surface area contributed by atoms with Crippen LogP contribution in [0.25, 0.3) is 0 Å². The highest BCUT2D eigenvalue weighted by Gasteiger charge is 2.20. The van der Waals surface area contributed by atoms with Crippen molar-refractivity contribution in [2.75, 3.05) is 0 Å². The largest absolute Gasteiger partial charge is 0.0919 e. The summed E-state index contributed by atoms with van der Waals surface area (Å²) in [6.45, 7) is 6.93. The first-order valence-corrected chi connectivity index (χ1v) is 8.04. The van der Waals surface area contributed by atoms with Gasteiger partial charge in [0.1, 0.15) is 0 Å². The molecule has 1 heteroatoms. The normalized spacial score (nSPS) is 12.2. The van der Waals surface area contributed by atoms with E-state index < -0.39 is 8.07 Å². The zero-order chi connectivity index (χ0) is 9.73. The highest BCUT2D eigenvalue weighted by Crippen LogP contribution is 2.10. The molecule has 0 spiro atoms. The Labute approximate surface area is 82.3 Å². The van der Waals surface area contributed by atoms with Gasteiger partial charge >= 0.3 is 0 Å². The maximum atomic E-state index is 2.42. The minimum Gasteiger partial charge on any atom is -0.0919 e. The van der Waals surface area contributed by atoms with Crippen molar-refractivity contribution in [1.82, 2.24) is 0 Å². The fourth-order valence-corrected chi connectivity index (χ4v) is 3.58. The van der Waals surface area contributed by atoms with E-state index in [-0.39, 0.29) is 0 Å². The molecule has 13 heavy (non-hydrogen) atoms. The van der Waals surface area contributed by atoms with Gasteiger partial charge in [0.2, 0.25) is 0 Å². The van der Waals surface area contributed by atoms with E-state index in [2.05, 4.69) is 62.5 Å². The zero-order valence-corrected chi connectivity index (χ0v) is 9.75. The van der Waals surface area contributed by atoms with Gasteiger partial charge in [-0.3, -0.25) is 0 Å². The van der Waals surface area contributed by atoms with Crippen LogP contribution in [0.3, 0.4) is 0 Å². The van der Waals surface area contributed by atoms with E-state index in [1.165, 1.54) is 6.04 Å². The van der Waals surface area contributed by atoms with Gasteiger partial charge in [-0.15, -0.1) is 0 Å². The van der Waals surface area contributed by atoms with E-state index >= 15 is 0 Å². The second-order valence-electron chi connectivity index (χ2n) is 4.02. The molecule has 0 bridgehead atoms. The SMILES string of the molecule is CC=CC[Si](C)(C)c1ccccc1. The third-order valence-electron chi connectivity index (χ3n) is 2.42. The molecule has 0 heterocycles. The predicted octanol–water partition coefficient (Wildman–Crippen LogP) is 3.18. The first-order chi connectivity index (χ1) is 6.17. The van der Waals surface area contributed by atoms with E-state index in [1.54, 1.807) is 5.19 Å². The van der Waals surface area contributed by atoms with Gasteiger partial charge in [-0.05, 0) is 13.0 Å². The van der Waals surface area contributed by atoms with E-state index in [9.17, 15) is 0 Å². The molecular weight excluding hydrogens is 172 g/mol. The first kappa shape index (κ1) is 10.3. The second kappa shape index (κ2) is 4.42. The van der Waals surface area contributed by atoms with E-state index in [0.29, 0.717) is 0 Å². The van der Waals surface area contributed by atoms with E-state index in [1.807, 2.05) is 0 Å². The number of benzene rings is 1. The van der Waals surface area contributed by atoms with Crippen molar-refractivity contribution in [3.8, 4) is 0 Å². The average molecular weight is 190 g/mol. The van der Waals surface area contributed by atoms with Crippen LogP contribution in [-0.4, -0.2) is 8.07 Å². The van der Waals surface area contributed by atoms with Gasteiger partial charge in [-0.25, -0.2) is 0 Å². The quantitative estimate of drug-likeness (QED) is 0.507. The topological polar surface area (TPSA) is 0 Å². The maximum absolute atomic E-state index is 2.42. The third kappa shape index (κ3) is 2.85. The van der Waals surface area contributed by atoms with Crippen LogP contribution in [0, 0.1) is 0 Å². The summed E-state index contributed by atoms with van der Waals surface area (Å²) in [5, 5.41) is 1.55. The summed E-state index contributed by atoms with van der Waals surface area (Å²) < 4.78 is 0. The lowest BCUT2D eigenvalue weighted by Gasteiger charge is -2.20. The minimum absolute atomic E-state index is 1.19. The van der Waals surface area contributed by atoms with Crippen molar-refractivity contribution in [2.24, 2.45) is 0 Å².